The largest absolute Gasteiger partial charge is 0.325 e. The molecule has 0 unspecified atom stereocenters. The maximum Gasteiger partial charge on any atom is 0.244 e. The van der Waals surface area contributed by atoms with E-state index in [1.54, 1.807) is 22.8 Å². The fraction of sp³-hybridized carbons (Fsp3) is 0.0870. The van der Waals surface area contributed by atoms with E-state index in [9.17, 15) is 14.0 Å². The number of imidazole rings is 1. The topological polar surface area (TPSA) is 64.0 Å². The van der Waals surface area contributed by atoms with E-state index in [1.165, 1.54) is 24.3 Å². The van der Waals surface area contributed by atoms with Crippen molar-refractivity contribution in [2.24, 2.45) is 0 Å². The second-order valence-corrected chi connectivity index (χ2v) is 6.77. The standard InChI is InChI=1S/C23H18FN3O2/c1-15-6-4-9-18(12-15)25-21(28)14-27-20-11-3-2-10-19(20)26-23(27)22(29)16-7-5-8-17(24)13-16/h2-13H,14H2,1H3,(H,25,28). The van der Waals surface area contributed by atoms with Crippen LogP contribution < -0.4 is 5.32 Å². The molecule has 0 aliphatic rings. The molecule has 0 fully saturated rings. The first-order chi connectivity index (χ1) is 14.0. The van der Waals surface area contributed by atoms with Gasteiger partial charge < -0.3 is 9.88 Å². The summed E-state index contributed by atoms with van der Waals surface area (Å²) >= 11 is 0. The van der Waals surface area contributed by atoms with E-state index < -0.39 is 11.6 Å². The maximum atomic E-state index is 13.6. The first-order valence-electron chi connectivity index (χ1n) is 9.13. The number of rotatable bonds is 5. The van der Waals surface area contributed by atoms with Gasteiger partial charge in [0.2, 0.25) is 11.7 Å². The van der Waals surface area contributed by atoms with Crippen LogP contribution in [0.4, 0.5) is 10.1 Å². The number of carbonyl (C=O) groups excluding carboxylic acids is 2. The molecule has 0 saturated carbocycles. The molecule has 3 aromatic carbocycles. The molecule has 1 N–H and O–H groups in total. The van der Waals surface area contributed by atoms with Gasteiger partial charge in [0.25, 0.3) is 0 Å². The lowest BCUT2D eigenvalue weighted by Gasteiger charge is -2.10. The van der Waals surface area contributed by atoms with Gasteiger partial charge in [0.05, 0.1) is 11.0 Å². The van der Waals surface area contributed by atoms with Gasteiger partial charge in [-0.3, -0.25) is 9.59 Å². The van der Waals surface area contributed by atoms with E-state index in [4.69, 9.17) is 0 Å². The highest BCUT2D eigenvalue weighted by atomic mass is 19.1. The molecule has 1 heterocycles. The van der Waals surface area contributed by atoms with Crippen LogP contribution in [0.2, 0.25) is 0 Å². The predicted molar refractivity (Wildman–Crippen MR) is 109 cm³/mol. The minimum Gasteiger partial charge on any atom is -0.325 e. The molecule has 0 aliphatic carbocycles. The van der Waals surface area contributed by atoms with E-state index in [1.807, 2.05) is 37.3 Å². The number of hydrogen-bond acceptors (Lipinski definition) is 3. The molecule has 6 heteroatoms. The summed E-state index contributed by atoms with van der Waals surface area (Å²) in [4.78, 5) is 30.1. The van der Waals surface area contributed by atoms with Gasteiger partial charge in [0.15, 0.2) is 5.82 Å². The molecule has 29 heavy (non-hydrogen) atoms. The molecule has 0 atom stereocenters. The van der Waals surface area contributed by atoms with Crippen LogP contribution in [0.25, 0.3) is 11.0 Å². The second-order valence-electron chi connectivity index (χ2n) is 6.77. The summed E-state index contributed by atoms with van der Waals surface area (Å²) in [5, 5.41) is 2.84. The molecule has 0 aliphatic heterocycles. The number of aromatic nitrogens is 2. The van der Waals surface area contributed by atoms with E-state index >= 15 is 0 Å². The third-order valence-corrected chi connectivity index (χ3v) is 4.55. The van der Waals surface area contributed by atoms with Crippen molar-refractivity contribution in [2.45, 2.75) is 13.5 Å². The molecule has 144 valence electrons. The normalized spacial score (nSPS) is 10.8. The van der Waals surface area contributed by atoms with Crippen LogP contribution in [-0.2, 0) is 11.3 Å². The number of nitrogens with zero attached hydrogens (tertiary/aromatic N) is 2. The molecule has 4 rings (SSSR count). The number of halogens is 1. The molecule has 0 bridgehead atoms. The Balaban J connectivity index is 1.70. The fourth-order valence-corrected chi connectivity index (χ4v) is 3.23. The van der Waals surface area contributed by atoms with Crippen molar-refractivity contribution >= 4 is 28.4 Å². The monoisotopic (exact) mass is 387 g/mol. The van der Waals surface area contributed by atoms with Crippen molar-refractivity contribution in [2.75, 3.05) is 5.32 Å². The van der Waals surface area contributed by atoms with Crippen LogP contribution in [0.5, 0.6) is 0 Å². The molecule has 4 aromatic rings. The lowest BCUT2D eigenvalue weighted by Crippen LogP contribution is -2.22. The average Bonchev–Trinajstić information content (AvgIpc) is 3.06. The van der Waals surface area contributed by atoms with Crippen LogP contribution in [0.3, 0.4) is 0 Å². The Kier molecular flexibility index (Phi) is 4.91. The van der Waals surface area contributed by atoms with Crippen molar-refractivity contribution in [3.05, 3.63) is 95.6 Å². The Hall–Kier alpha value is -3.80. The van der Waals surface area contributed by atoms with E-state index in [0.29, 0.717) is 16.7 Å². The highest BCUT2D eigenvalue weighted by Crippen LogP contribution is 2.20. The van der Waals surface area contributed by atoms with Crippen molar-refractivity contribution in [1.82, 2.24) is 9.55 Å². The lowest BCUT2D eigenvalue weighted by molar-refractivity contribution is -0.116. The molecule has 0 radical (unpaired) electrons. The van der Waals surface area contributed by atoms with Gasteiger partial charge in [0, 0.05) is 11.3 Å². The molecule has 0 spiro atoms. The van der Waals surface area contributed by atoms with Gasteiger partial charge in [-0.1, -0.05) is 36.4 Å². The Morgan fingerprint density at radius 2 is 1.79 bits per heavy atom. The van der Waals surface area contributed by atoms with Crippen LogP contribution in [-0.4, -0.2) is 21.2 Å². The van der Waals surface area contributed by atoms with Gasteiger partial charge in [-0.2, -0.15) is 0 Å². The van der Waals surface area contributed by atoms with Crippen molar-refractivity contribution < 1.29 is 14.0 Å². The first kappa shape index (κ1) is 18.6. The van der Waals surface area contributed by atoms with Crippen molar-refractivity contribution in [3.63, 3.8) is 0 Å². The smallest absolute Gasteiger partial charge is 0.244 e. The summed E-state index contributed by atoms with van der Waals surface area (Å²) in [7, 11) is 0. The zero-order chi connectivity index (χ0) is 20.4. The number of anilines is 1. The summed E-state index contributed by atoms with van der Waals surface area (Å²) in [6, 6.07) is 20.1. The van der Waals surface area contributed by atoms with E-state index in [2.05, 4.69) is 10.3 Å². The van der Waals surface area contributed by atoms with Crippen molar-refractivity contribution in [1.29, 1.82) is 0 Å². The van der Waals surface area contributed by atoms with Crippen LogP contribution in [0, 0.1) is 12.7 Å². The molecule has 0 saturated heterocycles. The third kappa shape index (κ3) is 3.91. The third-order valence-electron chi connectivity index (χ3n) is 4.55. The van der Waals surface area contributed by atoms with Gasteiger partial charge in [-0.15, -0.1) is 0 Å². The molecule has 1 aromatic heterocycles. The number of carbonyl (C=O) groups is 2. The first-order valence-corrected chi connectivity index (χ1v) is 9.13. The van der Waals surface area contributed by atoms with Crippen LogP contribution in [0.1, 0.15) is 21.7 Å². The number of ketones is 1. The summed E-state index contributed by atoms with van der Waals surface area (Å²) in [5.41, 5.74) is 3.14. The van der Waals surface area contributed by atoms with E-state index in [0.717, 1.165) is 5.56 Å². The number of amides is 1. The Labute approximate surface area is 166 Å². The maximum absolute atomic E-state index is 13.6. The summed E-state index contributed by atoms with van der Waals surface area (Å²) in [6.07, 6.45) is 0. The molecule has 1 amide bonds. The number of fused-ring (bicyclic) bond motifs is 1. The number of hydrogen-bond donors (Lipinski definition) is 1. The minimum absolute atomic E-state index is 0.0924. The summed E-state index contributed by atoms with van der Waals surface area (Å²) in [6.45, 7) is 1.85. The summed E-state index contributed by atoms with van der Waals surface area (Å²) in [5.74, 6) is -1.14. The van der Waals surface area contributed by atoms with Crippen LogP contribution in [0.15, 0.2) is 72.8 Å². The highest BCUT2D eigenvalue weighted by molar-refractivity contribution is 6.08. The van der Waals surface area contributed by atoms with E-state index in [-0.39, 0.29) is 23.8 Å². The lowest BCUT2D eigenvalue weighted by atomic mass is 10.1. The fourth-order valence-electron chi connectivity index (χ4n) is 3.23. The second kappa shape index (κ2) is 7.67. The van der Waals surface area contributed by atoms with Gasteiger partial charge in [-0.25, -0.2) is 9.37 Å². The zero-order valence-corrected chi connectivity index (χ0v) is 15.7. The Morgan fingerprint density at radius 1 is 1.00 bits per heavy atom. The van der Waals surface area contributed by atoms with Gasteiger partial charge in [-0.05, 0) is 48.9 Å². The number of nitrogens with one attached hydrogen (secondary N) is 1. The van der Waals surface area contributed by atoms with Crippen molar-refractivity contribution in [3.8, 4) is 0 Å². The zero-order valence-electron chi connectivity index (χ0n) is 15.7. The number of aryl methyl sites for hydroxylation is 1. The number of para-hydroxylation sites is 2. The molecular formula is C23H18FN3O2. The predicted octanol–water partition coefficient (Wildman–Crippen LogP) is 4.35. The quantitative estimate of drug-likeness (QED) is 0.518. The molecular weight excluding hydrogens is 369 g/mol. The highest BCUT2D eigenvalue weighted by Gasteiger charge is 2.21. The van der Waals surface area contributed by atoms with Gasteiger partial charge >= 0.3 is 0 Å². The Morgan fingerprint density at radius 3 is 2.59 bits per heavy atom. The van der Waals surface area contributed by atoms with Gasteiger partial charge in [0.1, 0.15) is 12.4 Å². The van der Waals surface area contributed by atoms with Crippen LogP contribution >= 0.6 is 0 Å². The minimum atomic E-state index is -0.504. The number of benzene rings is 3. The Bertz CT molecular complexity index is 1230. The molecule has 5 nitrogen and oxygen atoms in total. The summed E-state index contributed by atoms with van der Waals surface area (Å²) < 4.78 is 15.2. The SMILES string of the molecule is Cc1cccc(NC(=O)Cn2c(C(=O)c3cccc(F)c3)nc3ccccc32)c1. The average molecular weight is 387 g/mol.